The minimum absolute atomic E-state index is 0.132. The molecule has 2 heterocycles. The number of thiazole rings is 2. The van der Waals surface area contributed by atoms with Crippen LogP contribution < -0.4 is 5.32 Å². The number of anilines is 1. The maximum absolute atomic E-state index is 12.3. The van der Waals surface area contributed by atoms with Crippen molar-refractivity contribution in [3.8, 4) is 10.7 Å². The molecular formula is C17H10N4O3S2. The smallest absolute Gasteiger partial charge is 0.270 e. The van der Waals surface area contributed by atoms with Gasteiger partial charge in [-0.3, -0.25) is 20.2 Å². The zero-order chi connectivity index (χ0) is 18.1. The molecule has 0 radical (unpaired) electrons. The molecule has 2 aromatic heterocycles. The van der Waals surface area contributed by atoms with E-state index in [4.69, 9.17) is 0 Å². The van der Waals surface area contributed by atoms with E-state index in [1.54, 1.807) is 0 Å². The predicted molar refractivity (Wildman–Crippen MR) is 102 cm³/mol. The summed E-state index contributed by atoms with van der Waals surface area (Å²) in [6, 6.07) is 13.4. The number of para-hydroxylation sites is 1. The van der Waals surface area contributed by atoms with Crippen molar-refractivity contribution in [1.82, 2.24) is 9.97 Å². The van der Waals surface area contributed by atoms with Gasteiger partial charge in [-0.2, -0.15) is 0 Å². The van der Waals surface area contributed by atoms with Crippen LogP contribution in [0.2, 0.25) is 0 Å². The standard InChI is InChI=1S/C17H10N4O3S2/c22-15(10-4-3-5-11(8-10)21(23)24)20-17-19-13(9-25-17)16-18-12-6-1-2-7-14(12)26-16/h1-9H,(H,19,20,22). The Morgan fingerprint density at radius 2 is 1.96 bits per heavy atom. The second-order valence-corrected chi connectivity index (χ2v) is 7.17. The molecule has 7 nitrogen and oxygen atoms in total. The minimum Gasteiger partial charge on any atom is -0.298 e. The Balaban J connectivity index is 1.55. The first-order chi connectivity index (χ1) is 12.6. The molecule has 1 amide bonds. The first-order valence-corrected chi connectivity index (χ1v) is 9.17. The molecule has 0 aliphatic carbocycles. The van der Waals surface area contributed by atoms with Crippen LogP contribution >= 0.6 is 22.7 Å². The summed E-state index contributed by atoms with van der Waals surface area (Å²) >= 11 is 2.81. The molecule has 2 aromatic carbocycles. The van der Waals surface area contributed by atoms with E-state index in [2.05, 4.69) is 15.3 Å². The van der Waals surface area contributed by atoms with Gasteiger partial charge in [0.1, 0.15) is 10.7 Å². The Labute approximate surface area is 155 Å². The number of carbonyl (C=O) groups is 1. The number of carbonyl (C=O) groups excluding carboxylic acids is 1. The lowest BCUT2D eigenvalue weighted by atomic mass is 10.2. The van der Waals surface area contributed by atoms with Crippen molar-refractivity contribution in [2.75, 3.05) is 5.32 Å². The fourth-order valence-corrected chi connectivity index (χ4v) is 4.03. The summed E-state index contributed by atoms with van der Waals surface area (Å²) in [5.41, 5.74) is 1.66. The topological polar surface area (TPSA) is 98.0 Å². The van der Waals surface area contributed by atoms with Crippen molar-refractivity contribution in [2.45, 2.75) is 0 Å². The van der Waals surface area contributed by atoms with Gasteiger partial charge in [-0.05, 0) is 18.2 Å². The Bertz CT molecular complexity index is 1100. The highest BCUT2D eigenvalue weighted by Crippen LogP contribution is 2.32. The fraction of sp³-hybridized carbons (Fsp3) is 0. The molecule has 0 bridgehead atoms. The average Bonchev–Trinajstić information content (AvgIpc) is 3.28. The van der Waals surface area contributed by atoms with E-state index in [0.717, 1.165) is 15.2 Å². The summed E-state index contributed by atoms with van der Waals surface area (Å²) in [4.78, 5) is 31.5. The molecule has 0 spiro atoms. The lowest BCUT2D eigenvalue weighted by molar-refractivity contribution is -0.384. The van der Waals surface area contributed by atoms with Crippen molar-refractivity contribution >= 4 is 49.6 Å². The first-order valence-electron chi connectivity index (χ1n) is 7.47. The SMILES string of the molecule is O=C(Nc1nc(-c2nc3ccccc3s2)cs1)c1cccc([N+](=O)[O-])c1. The third kappa shape index (κ3) is 3.17. The van der Waals surface area contributed by atoms with Gasteiger partial charge < -0.3 is 0 Å². The molecule has 0 saturated heterocycles. The summed E-state index contributed by atoms with van der Waals surface area (Å²) in [6.45, 7) is 0. The number of nitro benzene ring substituents is 1. The highest BCUT2D eigenvalue weighted by atomic mass is 32.1. The van der Waals surface area contributed by atoms with E-state index >= 15 is 0 Å². The van der Waals surface area contributed by atoms with Crippen LogP contribution in [0.4, 0.5) is 10.8 Å². The summed E-state index contributed by atoms with van der Waals surface area (Å²) in [5, 5.41) is 16.5. The second-order valence-electron chi connectivity index (χ2n) is 5.29. The normalized spacial score (nSPS) is 10.8. The number of fused-ring (bicyclic) bond motifs is 1. The zero-order valence-electron chi connectivity index (χ0n) is 13.1. The van der Waals surface area contributed by atoms with Crippen molar-refractivity contribution < 1.29 is 9.72 Å². The van der Waals surface area contributed by atoms with Gasteiger partial charge in [0.15, 0.2) is 5.13 Å². The molecule has 0 aliphatic rings. The molecule has 26 heavy (non-hydrogen) atoms. The summed E-state index contributed by atoms with van der Waals surface area (Å²) < 4.78 is 1.07. The molecule has 4 aromatic rings. The first kappa shape index (κ1) is 16.3. The van der Waals surface area contributed by atoms with Crippen LogP contribution in [0.15, 0.2) is 53.9 Å². The highest BCUT2D eigenvalue weighted by molar-refractivity contribution is 7.22. The highest BCUT2D eigenvalue weighted by Gasteiger charge is 2.15. The number of non-ortho nitro benzene ring substituents is 1. The average molecular weight is 382 g/mol. The van der Waals surface area contributed by atoms with Crippen LogP contribution in [-0.4, -0.2) is 20.8 Å². The predicted octanol–water partition coefficient (Wildman–Crippen LogP) is 4.58. The maximum Gasteiger partial charge on any atom is 0.270 e. The number of nitro groups is 1. The van der Waals surface area contributed by atoms with E-state index in [9.17, 15) is 14.9 Å². The summed E-state index contributed by atoms with van der Waals surface area (Å²) in [6.07, 6.45) is 0. The third-order valence-electron chi connectivity index (χ3n) is 3.56. The van der Waals surface area contributed by atoms with E-state index in [1.165, 1.54) is 46.9 Å². The van der Waals surface area contributed by atoms with Gasteiger partial charge in [0.25, 0.3) is 11.6 Å². The van der Waals surface area contributed by atoms with Crippen molar-refractivity contribution in [1.29, 1.82) is 0 Å². The van der Waals surface area contributed by atoms with Gasteiger partial charge >= 0.3 is 0 Å². The second kappa shape index (κ2) is 6.62. The molecular weight excluding hydrogens is 372 g/mol. The van der Waals surface area contributed by atoms with Crippen LogP contribution in [0.3, 0.4) is 0 Å². The number of hydrogen-bond acceptors (Lipinski definition) is 7. The largest absolute Gasteiger partial charge is 0.298 e. The number of aromatic nitrogens is 2. The van der Waals surface area contributed by atoms with E-state index in [-0.39, 0.29) is 11.3 Å². The molecule has 0 aliphatic heterocycles. The van der Waals surface area contributed by atoms with Gasteiger partial charge in [-0.1, -0.05) is 18.2 Å². The quantitative estimate of drug-likeness (QED) is 0.411. The Kier molecular flexibility index (Phi) is 4.15. The lowest BCUT2D eigenvalue weighted by Crippen LogP contribution is -2.11. The van der Waals surface area contributed by atoms with E-state index in [1.807, 2.05) is 29.6 Å². The monoisotopic (exact) mass is 382 g/mol. The molecule has 0 saturated carbocycles. The molecule has 0 atom stereocenters. The molecule has 128 valence electrons. The van der Waals surface area contributed by atoms with Crippen molar-refractivity contribution in [3.05, 3.63) is 69.6 Å². The Hall–Kier alpha value is -3.17. The number of hydrogen-bond donors (Lipinski definition) is 1. The van der Waals surface area contributed by atoms with Crippen LogP contribution in [0, 0.1) is 10.1 Å². The fourth-order valence-electron chi connectivity index (χ4n) is 2.34. The number of nitrogens with zero attached hydrogens (tertiary/aromatic N) is 3. The zero-order valence-corrected chi connectivity index (χ0v) is 14.7. The van der Waals surface area contributed by atoms with Gasteiger partial charge in [0.2, 0.25) is 0 Å². The Morgan fingerprint density at radius 1 is 1.12 bits per heavy atom. The van der Waals surface area contributed by atoms with Crippen LogP contribution in [0.1, 0.15) is 10.4 Å². The number of rotatable bonds is 4. The van der Waals surface area contributed by atoms with Crippen molar-refractivity contribution in [2.24, 2.45) is 0 Å². The van der Waals surface area contributed by atoms with Crippen LogP contribution in [-0.2, 0) is 0 Å². The lowest BCUT2D eigenvalue weighted by Gasteiger charge is -2.01. The van der Waals surface area contributed by atoms with E-state index < -0.39 is 10.8 Å². The Morgan fingerprint density at radius 3 is 2.77 bits per heavy atom. The molecule has 1 N–H and O–H groups in total. The minimum atomic E-state index is -0.536. The molecule has 0 unspecified atom stereocenters. The van der Waals surface area contributed by atoms with Crippen LogP contribution in [0.25, 0.3) is 20.9 Å². The summed E-state index contributed by atoms with van der Waals surface area (Å²) in [7, 11) is 0. The number of benzene rings is 2. The number of nitrogens with one attached hydrogen (secondary N) is 1. The van der Waals surface area contributed by atoms with Gasteiger partial charge in [0.05, 0.1) is 15.1 Å². The van der Waals surface area contributed by atoms with Crippen molar-refractivity contribution in [3.63, 3.8) is 0 Å². The van der Waals surface area contributed by atoms with E-state index in [0.29, 0.717) is 10.8 Å². The van der Waals surface area contributed by atoms with Crippen LogP contribution in [0.5, 0.6) is 0 Å². The van der Waals surface area contributed by atoms with Gasteiger partial charge in [0, 0.05) is 23.1 Å². The molecule has 9 heteroatoms. The maximum atomic E-state index is 12.3. The number of amides is 1. The molecule has 4 rings (SSSR count). The summed E-state index contributed by atoms with van der Waals surface area (Å²) in [5.74, 6) is -0.445. The molecule has 0 fully saturated rings. The van der Waals surface area contributed by atoms with Gasteiger partial charge in [-0.25, -0.2) is 9.97 Å². The third-order valence-corrected chi connectivity index (χ3v) is 5.37. The van der Waals surface area contributed by atoms with Gasteiger partial charge in [-0.15, -0.1) is 22.7 Å².